The molecule has 0 saturated carbocycles. The van der Waals surface area contributed by atoms with E-state index in [9.17, 15) is 4.79 Å². The van der Waals surface area contributed by atoms with Gasteiger partial charge >= 0.3 is 0 Å². The maximum Gasteiger partial charge on any atom is 0.222 e. The molecule has 0 aliphatic carbocycles. The Kier molecular flexibility index (Phi) is 5.00. The number of fused-ring (bicyclic) bond motifs is 1. The number of hydrogen-bond donors (Lipinski definition) is 2. The van der Waals surface area contributed by atoms with E-state index in [1.54, 1.807) is 0 Å². The number of aromatic nitrogens is 2. The lowest BCUT2D eigenvalue weighted by atomic mass is 9.94. The van der Waals surface area contributed by atoms with E-state index >= 15 is 0 Å². The zero-order valence-electron chi connectivity index (χ0n) is 14.7. The van der Waals surface area contributed by atoms with Gasteiger partial charge in [-0.2, -0.15) is 5.10 Å². The van der Waals surface area contributed by atoms with Crippen LogP contribution in [0.2, 0.25) is 0 Å². The molecular weight excluding hydrogens is 300 g/mol. The summed E-state index contributed by atoms with van der Waals surface area (Å²) < 4.78 is 1.93. The summed E-state index contributed by atoms with van der Waals surface area (Å²) in [5, 5.41) is 11.0. The highest BCUT2D eigenvalue weighted by Gasteiger charge is 2.20. The molecule has 1 aromatic carbocycles. The van der Waals surface area contributed by atoms with Crippen molar-refractivity contribution < 1.29 is 4.79 Å². The number of amides is 1. The summed E-state index contributed by atoms with van der Waals surface area (Å²) in [5.41, 5.74) is 4.76. The lowest BCUT2D eigenvalue weighted by Gasteiger charge is -2.27. The smallest absolute Gasteiger partial charge is 0.222 e. The average molecular weight is 326 g/mol. The van der Waals surface area contributed by atoms with Crippen LogP contribution in [0.1, 0.15) is 47.9 Å². The van der Waals surface area contributed by atoms with Crippen molar-refractivity contribution in [2.45, 2.75) is 45.7 Å². The molecule has 0 spiro atoms. The van der Waals surface area contributed by atoms with Gasteiger partial charge in [-0.1, -0.05) is 24.3 Å². The van der Waals surface area contributed by atoms with Gasteiger partial charge in [-0.25, -0.2) is 0 Å². The lowest BCUT2D eigenvalue weighted by Crippen LogP contribution is -2.39. The molecule has 5 nitrogen and oxygen atoms in total. The van der Waals surface area contributed by atoms with E-state index < -0.39 is 0 Å². The van der Waals surface area contributed by atoms with Gasteiger partial charge in [0.25, 0.3) is 0 Å². The maximum atomic E-state index is 12.3. The zero-order valence-corrected chi connectivity index (χ0v) is 14.7. The normalized spacial score (nSPS) is 18.0. The van der Waals surface area contributed by atoms with Gasteiger partial charge in [-0.15, -0.1) is 0 Å². The third-order valence-electron chi connectivity index (χ3n) is 4.66. The summed E-state index contributed by atoms with van der Waals surface area (Å²) in [6.07, 6.45) is 1.49. The van der Waals surface area contributed by atoms with Crippen LogP contribution in [0.15, 0.2) is 30.3 Å². The second kappa shape index (κ2) is 7.18. The summed E-state index contributed by atoms with van der Waals surface area (Å²) in [5.74, 6) is 0.0694. The Morgan fingerprint density at radius 1 is 1.42 bits per heavy atom. The Morgan fingerprint density at radius 3 is 2.96 bits per heavy atom. The molecule has 2 atom stereocenters. The summed E-state index contributed by atoms with van der Waals surface area (Å²) in [6, 6.07) is 10.8. The molecule has 1 amide bonds. The molecule has 5 heteroatoms. The van der Waals surface area contributed by atoms with Gasteiger partial charge in [0.2, 0.25) is 5.91 Å². The zero-order chi connectivity index (χ0) is 17.1. The van der Waals surface area contributed by atoms with E-state index in [2.05, 4.69) is 40.0 Å². The Morgan fingerprint density at radius 2 is 2.21 bits per heavy atom. The number of carbonyl (C=O) groups excluding carboxylic acids is 1. The quantitative estimate of drug-likeness (QED) is 0.887. The standard InChI is InChI=1S/C19H26N4O/c1-13-10-14(2)23(22-13)15(3)11-19(24)21-12-18-17-7-5-4-6-16(17)8-9-20-18/h4-7,10,15,18,20H,8-9,11-12H2,1-3H3,(H,21,24). The highest BCUT2D eigenvalue weighted by molar-refractivity contribution is 5.76. The molecule has 2 N–H and O–H groups in total. The van der Waals surface area contributed by atoms with Crippen molar-refractivity contribution in [1.82, 2.24) is 20.4 Å². The van der Waals surface area contributed by atoms with Crippen molar-refractivity contribution in [2.24, 2.45) is 0 Å². The van der Waals surface area contributed by atoms with Crippen molar-refractivity contribution >= 4 is 5.91 Å². The predicted molar refractivity (Wildman–Crippen MR) is 94.9 cm³/mol. The Hall–Kier alpha value is -2.14. The number of carbonyl (C=O) groups is 1. The van der Waals surface area contributed by atoms with Gasteiger partial charge in [0.1, 0.15) is 0 Å². The van der Waals surface area contributed by atoms with Crippen LogP contribution in [0.3, 0.4) is 0 Å². The molecule has 0 bridgehead atoms. The first-order chi connectivity index (χ1) is 11.5. The van der Waals surface area contributed by atoms with Crippen LogP contribution in [0.4, 0.5) is 0 Å². The van der Waals surface area contributed by atoms with Gasteiger partial charge in [0.05, 0.1) is 11.7 Å². The van der Waals surface area contributed by atoms with Crippen LogP contribution in [-0.4, -0.2) is 28.8 Å². The van der Waals surface area contributed by atoms with Gasteiger partial charge in [0.15, 0.2) is 0 Å². The van der Waals surface area contributed by atoms with E-state index in [4.69, 9.17) is 0 Å². The summed E-state index contributed by atoms with van der Waals surface area (Å²) in [4.78, 5) is 12.3. The van der Waals surface area contributed by atoms with Crippen LogP contribution in [0, 0.1) is 13.8 Å². The topological polar surface area (TPSA) is 59.0 Å². The van der Waals surface area contributed by atoms with Crippen molar-refractivity contribution in [3.63, 3.8) is 0 Å². The predicted octanol–water partition coefficient (Wildman–Crippen LogP) is 2.45. The molecule has 3 rings (SSSR count). The average Bonchev–Trinajstić information content (AvgIpc) is 2.91. The maximum absolute atomic E-state index is 12.3. The van der Waals surface area contributed by atoms with Crippen LogP contribution < -0.4 is 10.6 Å². The van der Waals surface area contributed by atoms with Gasteiger partial charge < -0.3 is 10.6 Å². The molecule has 2 heterocycles. The van der Waals surface area contributed by atoms with E-state index in [1.807, 2.05) is 31.5 Å². The van der Waals surface area contributed by atoms with E-state index in [1.165, 1.54) is 11.1 Å². The monoisotopic (exact) mass is 326 g/mol. The molecule has 0 saturated heterocycles. The number of hydrogen-bond acceptors (Lipinski definition) is 3. The van der Waals surface area contributed by atoms with Crippen molar-refractivity contribution in [3.05, 3.63) is 52.8 Å². The minimum absolute atomic E-state index is 0.0605. The van der Waals surface area contributed by atoms with Gasteiger partial charge in [-0.3, -0.25) is 9.48 Å². The van der Waals surface area contributed by atoms with Gasteiger partial charge in [-0.05, 0) is 50.9 Å². The summed E-state index contributed by atoms with van der Waals surface area (Å²) in [7, 11) is 0. The second-order valence-corrected chi connectivity index (χ2v) is 6.68. The summed E-state index contributed by atoms with van der Waals surface area (Å²) >= 11 is 0. The van der Waals surface area contributed by atoms with Crippen LogP contribution in [0.5, 0.6) is 0 Å². The fraction of sp³-hybridized carbons (Fsp3) is 0.474. The summed E-state index contributed by atoms with van der Waals surface area (Å²) in [6.45, 7) is 7.62. The fourth-order valence-corrected chi connectivity index (χ4v) is 3.51. The Bertz CT molecular complexity index is 722. The molecule has 1 aliphatic heterocycles. The van der Waals surface area contributed by atoms with Crippen LogP contribution in [-0.2, 0) is 11.2 Å². The first-order valence-electron chi connectivity index (χ1n) is 8.65. The second-order valence-electron chi connectivity index (χ2n) is 6.68. The van der Waals surface area contributed by atoms with Crippen molar-refractivity contribution in [1.29, 1.82) is 0 Å². The molecule has 24 heavy (non-hydrogen) atoms. The first-order valence-corrected chi connectivity index (χ1v) is 8.65. The SMILES string of the molecule is Cc1cc(C)n(C(C)CC(=O)NCC2NCCc3ccccc32)n1. The number of nitrogens with zero attached hydrogens (tertiary/aromatic N) is 2. The van der Waals surface area contributed by atoms with Gasteiger partial charge in [0, 0.05) is 24.7 Å². The highest BCUT2D eigenvalue weighted by Crippen LogP contribution is 2.22. The number of aryl methyl sites for hydroxylation is 2. The van der Waals surface area contributed by atoms with Crippen molar-refractivity contribution in [2.75, 3.05) is 13.1 Å². The first kappa shape index (κ1) is 16.7. The Labute approximate surface area is 143 Å². The van der Waals surface area contributed by atoms with Crippen molar-refractivity contribution in [3.8, 4) is 0 Å². The lowest BCUT2D eigenvalue weighted by molar-refractivity contribution is -0.121. The van der Waals surface area contributed by atoms with E-state index in [0.29, 0.717) is 13.0 Å². The molecule has 2 aromatic rings. The van der Waals surface area contributed by atoms with E-state index in [-0.39, 0.29) is 18.0 Å². The number of rotatable bonds is 5. The minimum Gasteiger partial charge on any atom is -0.354 e. The largest absolute Gasteiger partial charge is 0.354 e. The van der Waals surface area contributed by atoms with Crippen LogP contribution in [0.25, 0.3) is 0 Å². The number of nitrogens with one attached hydrogen (secondary N) is 2. The highest BCUT2D eigenvalue weighted by atomic mass is 16.1. The molecule has 128 valence electrons. The molecule has 0 fully saturated rings. The fourth-order valence-electron chi connectivity index (χ4n) is 3.51. The third kappa shape index (κ3) is 3.67. The van der Waals surface area contributed by atoms with E-state index in [0.717, 1.165) is 24.4 Å². The van der Waals surface area contributed by atoms with Crippen LogP contribution >= 0.6 is 0 Å². The minimum atomic E-state index is 0.0605. The third-order valence-corrected chi connectivity index (χ3v) is 4.66. The molecule has 1 aliphatic rings. The molecule has 0 radical (unpaired) electrons. The number of benzene rings is 1. The molecule has 2 unspecified atom stereocenters. The Balaban J connectivity index is 1.56. The molecular formula is C19H26N4O. The molecule has 1 aromatic heterocycles.